The molecule has 118 valence electrons. The van der Waals surface area contributed by atoms with E-state index >= 15 is 0 Å². The Morgan fingerprint density at radius 3 is 2.67 bits per heavy atom. The molecule has 0 amide bonds. The Kier molecular flexibility index (Phi) is 5.04. The Balaban J connectivity index is 2.00. The van der Waals surface area contributed by atoms with Crippen LogP contribution >= 0.6 is 0 Å². The van der Waals surface area contributed by atoms with E-state index in [1.165, 1.54) is 19.3 Å². The number of anilines is 2. The van der Waals surface area contributed by atoms with Gasteiger partial charge in [0.25, 0.3) is 0 Å². The maximum Gasteiger partial charge on any atom is 0.138 e. The number of nitrogens with one attached hydrogen (secondary N) is 1. The van der Waals surface area contributed by atoms with Gasteiger partial charge in [0.1, 0.15) is 17.5 Å². The van der Waals surface area contributed by atoms with Crippen LogP contribution in [0.1, 0.15) is 57.8 Å². The van der Waals surface area contributed by atoms with Crippen LogP contribution in [-0.4, -0.2) is 29.2 Å². The molecule has 1 unspecified atom stereocenters. The second-order valence-corrected chi connectivity index (χ2v) is 6.86. The normalized spacial score (nSPS) is 19.5. The number of ether oxygens (including phenoxy) is 1. The van der Waals surface area contributed by atoms with Crippen molar-refractivity contribution in [2.24, 2.45) is 0 Å². The monoisotopic (exact) mass is 292 g/mol. The van der Waals surface area contributed by atoms with Gasteiger partial charge in [-0.3, -0.25) is 0 Å². The second-order valence-electron chi connectivity index (χ2n) is 6.86. The maximum atomic E-state index is 6.02. The molecule has 0 saturated carbocycles. The van der Waals surface area contributed by atoms with E-state index in [9.17, 15) is 0 Å². The van der Waals surface area contributed by atoms with E-state index in [1.807, 2.05) is 6.92 Å². The number of nitrogens with zero attached hydrogens (tertiary/aromatic N) is 2. The molecule has 1 aromatic heterocycles. The Bertz CT molecular complexity index is 476. The molecule has 2 heterocycles. The first-order valence-electron chi connectivity index (χ1n) is 7.88. The fraction of sp³-hybridized carbons (Fsp3) is 0.750. The van der Waals surface area contributed by atoms with E-state index in [0.717, 1.165) is 36.8 Å². The summed E-state index contributed by atoms with van der Waals surface area (Å²) in [5.74, 6) is 2.19. The van der Waals surface area contributed by atoms with Gasteiger partial charge >= 0.3 is 0 Å². The first-order valence-corrected chi connectivity index (χ1v) is 7.88. The van der Waals surface area contributed by atoms with Gasteiger partial charge in [-0.15, -0.1) is 0 Å². The van der Waals surface area contributed by atoms with Crippen LogP contribution in [0, 0.1) is 6.92 Å². The number of hydrogen-bond donors (Lipinski definition) is 2. The molecule has 1 saturated heterocycles. The van der Waals surface area contributed by atoms with Crippen LogP contribution in [0.25, 0.3) is 0 Å². The fourth-order valence-corrected chi connectivity index (χ4v) is 2.43. The molecule has 1 aliphatic rings. The highest BCUT2D eigenvalue weighted by molar-refractivity contribution is 5.55. The highest BCUT2D eigenvalue weighted by Gasteiger charge is 2.20. The summed E-state index contributed by atoms with van der Waals surface area (Å²) < 4.78 is 5.75. The topological polar surface area (TPSA) is 73.1 Å². The van der Waals surface area contributed by atoms with Gasteiger partial charge in [-0.1, -0.05) is 20.8 Å². The first-order chi connectivity index (χ1) is 9.88. The van der Waals surface area contributed by atoms with Crippen LogP contribution in [0.15, 0.2) is 0 Å². The lowest BCUT2D eigenvalue weighted by Gasteiger charge is -2.23. The molecule has 1 atom stereocenters. The van der Waals surface area contributed by atoms with Crippen LogP contribution in [0.5, 0.6) is 0 Å². The highest BCUT2D eigenvalue weighted by atomic mass is 16.5. The van der Waals surface area contributed by atoms with E-state index in [1.54, 1.807) is 0 Å². The summed E-state index contributed by atoms with van der Waals surface area (Å²) in [4.78, 5) is 9.05. The summed E-state index contributed by atoms with van der Waals surface area (Å²) in [7, 11) is 0. The van der Waals surface area contributed by atoms with Crippen molar-refractivity contribution in [3.8, 4) is 0 Å². The lowest BCUT2D eigenvalue weighted by Crippen LogP contribution is -2.23. The molecule has 0 spiro atoms. The van der Waals surface area contributed by atoms with Crippen molar-refractivity contribution in [2.45, 2.75) is 64.9 Å². The predicted octanol–water partition coefficient (Wildman–Crippen LogP) is 3.04. The van der Waals surface area contributed by atoms with Crippen LogP contribution in [0.2, 0.25) is 0 Å². The Morgan fingerprint density at radius 1 is 1.29 bits per heavy atom. The fourth-order valence-electron chi connectivity index (χ4n) is 2.43. The molecule has 1 aromatic rings. The standard InChI is InChI=1S/C16H28N4O/c1-11-13(17)19-15(16(2,3)4)20-14(11)18-9-8-12-7-5-6-10-21-12/h12H,5-10H2,1-4H3,(H3,17,18,19,20). The minimum atomic E-state index is -0.106. The van der Waals surface area contributed by atoms with Crippen molar-refractivity contribution in [3.05, 3.63) is 11.4 Å². The molecule has 3 N–H and O–H groups in total. The largest absolute Gasteiger partial charge is 0.383 e. The van der Waals surface area contributed by atoms with E-state index in [0.29, 0.717) is 11.9 Å². The van der Waals surface area contributed by atoms with Gasteiger partial charge in [-0.25, -0.2) is 9.97 Å². The van der Waals surface area contributed by atoms with Gasteiger partial charge in [0.2, 0.25) is 0 Å². The van der Waals surface area contributed by atoms with Gasteiger partial charge < -0.3 is 15.8 Å². The zero-order valence-corrected chi connectivity index (χ0v) is 13.7. The predicted molar refractivity (Wildman–Crippen MR) is 86.6 cm³/mol. The van der Waals surface area contributed by atoms with Gasteiger partial charge in [-0.05, 0) is 32.6 Å². The molecule has 2 rings (SSSR count). The summed E-state index contributed by atoms with van der Waals surface area (Å²) in [5, 5.41) is 3.40. The Morgan fingerprint density at radius 2 is 2.05 bits per heavy atom. The third-order valence-electron chi connectivity index (χ3n) is 3.89. The van der Waals surface area contributed by atoms with Gasteiger partial charge in [0.15, 0.2) is 0 Å². The molecular formula is C16H28N4O. The van der Waals surface area contributed by atoms with E-state index in [2.05, 4.69) is 36.1 Å². The lowest BCUT2D eigenvalue weighted by atomic mass is 9.95. The second kappa shape index (κ2) is 6.60. The average molecular weight is 292 g/mol. The summed E-state index contributed by atoms with van der Waals surface area (Å²) in [6, 6.07) is 0. The third kappa shape index (κ3) is 4.30. The molecule has 5 nitrogen and oxygen atoms in total. The minimum absolute atomic E-state index is 0.106. The molecule has 0 bridgehead atoms. The molecule has 0 radical (unpaired) electrons. The van der Waals surface area contributed by atoms with Crippen LogP contribution in [0.4, 0.5) is 11.6 Å². The number of rotatable bonds is 4. The van der Waals surface area contributed by atoms with Crippen molar-refractivity contribution in [1.29, 1.82) is 0 Å². The van der Waals surface area contributed by atoms with Gasteiger partial charge in [0, 0.05) is 24.1 Å². The number of nitrogens with two attached hydrogens (primary N) is 1. The molecular weight excluding hydrogens is 264 g/mol. The molecule has 1 aliphatic heterocycles. The molecule has 1 fully saturated rings. The minimum Gasteiger partial charge on any atom is -0.383 e. The zero-order valence-electron chi connectivity index (χ0n) is 13.7. The molecule has 21 heavy (non-hydrogen) atoms. The molecule has 0 aliphatic carbocycles. The van der Waals surface area contributed by atoms with Crippen molar-refractivity contribution >= 4 is 11.6 Å². The Labute approximate surface area is 127 Å². The molecule has 5 heteroatoms. The summed E-state index contributed by atoms with van der Waals surface area (Å²) >= 11 is 0. The average Bonchev–Trinajstić information content (AvgIpc) is 2.43. The van der Waals surface area contributed by atoms with Crippen molar-refractivity contribution in [2.75, 3.05) is 24.2 Å². The Hall–Kier alpha value is -1.36. The highest BCUT2D eigenvalue weighted by Crippen LogP contribution is 2.25. The van der Waals surface area contributed by atoms with E-state index in [-0.39, 0.29) is 5.41 Å². The maximum absolute atomic E-state index is 6.02. The SMILES string of the molecule is Cc1c(N)nc(C(C)(C)C)nc1NCCC1CCCCO1. The number of nitrogen functional groups attached to an aromatic ring is 1. The third-order valence-corrected chi connectivity index (χ3v) is 3.89. The zero-order chi connectivity index (χ0) is 15.5. The molecule has 0 aromatic carbocycles. The van der Waals surface area contributed by atoms with Crippen molar-refractivity contribution < 1.29 is 4.74 Å². The number of hydrogen-bond acceptors (Lipinski definition) is 5. The summed E-state index contributed by atoms with van der Waals surface area (Å²) in [6.45, 7) is 10.00. The van der Waals surface area contributed by atoms with Crippen LogP contribution in [0.3, 0.4) is 0 Å². The van der Waals surface area contributed by atoms with Gasteiger partial charge in [-0.2, -0.15) is 0 Å². The van der Waals surface area contributed by atoms with Crippen molar-refractivity contribution in [1.82, 2.24) is 9.97 Å². The van der Waals surface area contributed by atoms with Crippen LogP contribution < -0.4 is 11.1 Å². The summed E-state index contributed by atoms with van der Waals surface area (Å²) in [5.41, 5.74) is 6.83. The quantitative estimate of drug-likeness (QED) is 0.892. The first kappa shape index (κ1) is 16.0. The lowest BCUT2D eigenvalue weighted by molar-refractivity contribution is 0.0134. The van der Waals surface area contributed by atoms with Crippen LogP contribution in [-0.2, 0) is 10.2 Å². The van der Waals surface area contributed by atoms with Crippen molar-refractivity contribution in [3.63, 3.8) is 0 Å². The summed E-state index contributed by atoms with van der Waals surface area (Å²) in [6.07, 6.45) is 5.03. The van der Waals surface area contributed by atoms with E-state index in [4.69, 9.17) is 10.5 Å². The van der Waals surface area contributed by atoms with E-state index < -0.39 is 0 Å². The number of aromatic nitrogens is 2. The van der Waals surface area contributed by atoms with Gasteiger partial charge in [0.05, 0.1) is 6.10 Å². The smallest absolute Gasteiger partial charge is 0.138 e.